The van der Waals surface area contributed by atoms with Gasteiger partial charge in [0.25, 0.3) is 0 Å². The normalized spacial score (nSPS) is 9.83. The Kier molecular flexibility index (Phi) is 3.91. The van der Waals surface area contributed by atoms with Crippen LogP contribution in [-0.2, 0) is 16.0 Å². The minimum atomic E-state index is -0.299. The van der Waals surface area contributed by atoms with Crippen molar-refractivity contribution in [2.75, 3.05) is 7.11 Å². The summed E-state index contributed by atoms with van der Waals surface area (Å²) in [6.07, 6.45) is 1.83. The van der Waals surface area contributed by atoms with Crippen molar-refractivity contribution in [3.05, 3.63) is 54.2 Å². The molecule has 1 aromatic heterocycles. The van der Waals surface area contributed by atoms with Gasteiger partial charge in [-0.1, -0.05) is 24.3 Å². The molecule has 0 aliphatic carbocycles. The van der Waals surface area contributed by atoms with Gasteiger partial charge < -0.3 is 9.47 Å². The van der Waals surface area contributed by atoms with E-state index in [0.717, 1.165) is 5.56 Å². The summed E-state index contributed by atoms with van der Waals surface area (Å²) in [6, 6.07) is 12.7. The lowest BCUT2D eigenvalue weighted by Gasteiger charge is -2.09. The Bertz CT molecular complexity index is 526. The first-order valence-electron chi connectivity index (χ1n) is 5.53. The quantitative estimate of drug-likeness (QED) is 0.774. The number of hydrogen-bond donors (Lipinski definition) is 0. The molecule has 4 heteroatoms. The highest BCUT2D eigenvalue weighted by atomic mass is 16.5. The van der Waals surface area contributed by atoms with Crippen molar-refractivity contribution in [1.29, 1.82) is 0 Å². The Morgan fingerprint density at radius 2 is 1.94 bits per heavy atom. The van der Waals surface area contributed by atoms with E-state index >= 15 is 0 Å². The molecule has 0 bridgehead atoms. The van der Waals surface area contributed by atoms with E-state index < -0.39 is 0 Å². The Labute approximate surface area is 105 Å². The lowest BCUT2D eigenvalue weighted by atomic mass is 10.1. The largest absolute Gasteiger partial charge is 0.469 e. The van der Waals surface area contributed by atoms with E-state index in [2.05, 4.69) is 9.72 Å². The number of hydrogen-bond acceptors (Lipinski definition) is 4. The van der Waals surface area contributed by atoms with Crippen LogP contribution in [0.25, 0.3) is 0 Å². The molecule has 1 aromatic carbocycles. The van der Waals surface area contributed by atoms with E-state index in [1.165, 1.54) is 7.11 Å². The van der Waals surface area contributed by atoms with Crippen LogP contribution in [0, 0.1) is 0 Å². The van der Waals surface area contributed by atoms with Gasteiger partial charge in [-0.15, -0.1) is 0 Å². The van der Waals surface area contributed by atoms with Crippen LogP contribution in [0.15, 0.2) is 48.7 Å². The predicted molar refractivity (Wildman–Crippen MR) is 66.5 cm³/mol. The molecule has 4 nitrogen and oxygen atoms in total. The molecule has 0 amide bonds. The number of esters is 1. The maximum Gasteiger partial charge on any atom is 0.310 e. The highest BCUT2D eigenvalue weighted by molar-refractivity contribution is 5.73. The average molecular weight is 243 g/mol. The maximum absolute atomic E-state index is 11.3. The van der Waals surface area contributed by atoms with E-state index in [0.29, 0.717) is 11.6 Å². The van der Waals surface area contributed by atoms with Gasteiger partial charge in [-0.05, 0) is 12.1 Å². The molecular weight excluding hydrogens is 230 g/mol. The minimum Gasteiger partial charge on any atom is -0.469 e. The van der Waals surface area contributed by atoms with Gasteiger partial charge in [-0.25, -0.2) is 4.98 Å². The summed E-state index contributed by atoms with van der Waals surface area (Å²) in [4.78, 5) is 15.4. The van der Waals surface area contributed by atoms with Gasteiger partial charge in [0.2, 0.25) is 5.88 Å². The van der Waals surface area contributed by atoms with Crippen molar-refractivity contribution in [2.24, 2.45) is 0 Å². The second-order valence-electron chi connectivity index (χ2n) is 3.63. The molecule has 92 valence electrons. The summed E-state index contributed by atoms with van der Waals surface area (Å²) in [5, 5.41) is 0. The fourth-order valence-electron chi connectivity index (χ4n) is 1.50. The van der Waals surface area contributed by atoms with Gasteiger partial charge >= 0.3 is 5.97 Å². The molecule has 0 unspecified atom stereocenters. The molecule has 2 aromatic rings. The molecule has 2 rings (SSSR count). The van der Waals surface area contributed by atoms with Crippen LogP contribution in [0.1, 0.15) is 5.56 Å². The van der Waals surface area contributed by atoms with E-state index in [1.807, 2.05) is 30.3 Å². The molecule has 0 saturated heterocycles. The Morgan fingerprint density at radius 1 is 1.17 bits per heavy atom. The lowest BCUT2D eigenvalue weighted by Crippen LogP contribution is -2.05. The second kappa shape index (κ2) is 5.82. The molecule has 0 N–H and O–H groups in total. The third-order valence-corrected chi connectivity index (χ3v) is 2.39. The van der Waals surface area contributed by atoms with Crippen molar-refractivity contribution < 1.29 is 14.3 Å². The molecule has 0 atom stereocenters. The molecule has 0 aliphatic rings. The van der Waals surface area contributed by atoms with Crippen LogP contribution in [0.3, 0.4) is 0 Å². The number of rotatable bonds is 4. The average Bonchev–Trinajstić information content (AvgIpc) is 2.42. The molecule has 0 saturated carbocycles. The number of carbonyl (C=O) groups excluding carboxylic acids is 1. The highest BCUT2D eigenvalue weighted by Crippen LogP contribution is 2.24. The van der Waals surface area contributed by atoms with Gasteiger partial charge in [0.05, 0.1) is 13.5 Å². The van der Waals surface area contributed by atoms with E-state index in [4.69, 9.17) is 4.74 Å². The molecule has 0 radical (unpaired) electrons. The van der Waals surface area contributed by atoms with Gasteiger partial charge in [0, 0.05) is 17.8 Å². The minimum absolute atomic E-state index is 0.180. The fourth-order valence-corrected chi connectivity index (χ4v) is 1.50. The van der Waals surface area contributed by atoms with Crippen LogP contribution in [0.4, 0.5) is 0 Å². The third kappa shape index (κ3) is 3.07. The Morgan fingerprint density at radius 3 is 2.67 bits per heavy atom. The lowest BCUT2D eigenvalue weighted by molar-refractivity contribution is -0.139. The number of methoxy groups -OCH3 is 1. The monoisotopic (exact) mass is 243 g/mol. The highest BCUT2D eigenvalue weighted by Gasteiger charge is 2.09. The summed E-state index contributed by atoms with van der Waals surface area (Å²) >= 11 is 0. The zero-order valence-corrected chi connectivity index (χ0v) is 10.00. The first kappa shape index (κ1) is 12.1. The number of carbonyl (C=O) groups is 1. The second-order valence-corrected chi connectivity index (χ2v) is 3.63. The van der Waals surface area contributed by atoms with Crippen molar-refractivity contribution in [3.8, 4) is 11.6 Å². The zero-order valence-electron chi connectivity index (χ0n) is 10.00. The van der Waals surface area contributed by atoms with E-state index in [9.17, 15) is 4.79 Å². The Balaban J connectivity index is 2.20. The number of aromatic nitrogens is 1. The number of benzene rings is 1. The Hall–Kier alpha value is -2.36. The van der Waals surface area contributed by atoms with Crippen molar-refractivity contribution >= 4 is 5.97 Å². The number of nitrogens with zero attached hydrogens (tertiary/aromatic N) is 1. The van der Waals surface area contributed by atoms with Crippen LogP contribution in [0.5, 0.6) is 11.6 Å². The number of ether oxygens (including phenoxy) is 2. The van der Waals surface area contributed by atoms with Crippen LogP contribution in [0.2, 0.25) is 0 Å². The molecule has 0 aliphatic heterocycles. The van der Waals surface area contributed by atoms with Crippen LogP contribution in [-0.4, -0.2) is 18.1 Å². The third-order valence-electron chi connectivity index (χ3n) is 2.39. The van der Waals surface area contributed by atoms with Crippen molar-refractivity contribution in [2.45, 2.75) is 6.42 Å². The number of para-hydroxylation sites is 1. The topological polar surface area (TPSA) is 48.4 Å². The van der Waals surface area contributed by atoms with Gasteiger partial charge in [-0.3, -0.25) is 4.79 Å². The first-order chi connectivity index (χ1) is 8.79. The summed E-state index contributed by atoms with van der Waals surface area (Å²) < 4.78 is 10.3. The molecule has 0 fully saturated rings. The summed E-state index contributed by atoms with van der Waals surface area (Å²) in [5.74, 6) is 0.809. The fraction of sp³-hybridized carbons (Fsp3) is 0.143. The molecule has 0 spiro atoms. The van der Waals surface area contributed by atoms with Crippen molar-refractivity contribution in [3.63, 3.8) is 0 Å². The summed E-state index contributed by atoms with van der Waals surface area (Å²) in [7, 11) is 1.37. The molecule has 1 heterocycles. The van der Waals surface area contributed by atoms with Gasteiger partial charge in [0.1, 0.15) is 5.75 Å². The summed E-state index contributed by atoms with van der Waals surface area (Å²) in [5.41, 5.74) is 0.773. The van der Waals surface area contributed by atoms with Crippen LogP contribution >= 0.6 is 0 Å². The van der Waals surface area contributed by atoms with E-state index in [-0.39, 0.29) is 12.4 Å². The maximum atomic E-state index is 11.3. The van der Waals surface area contributed by atoms with Crippen LogP contribution < -0.4 is 4.74 Å². The molecule has 18 heavy (non-hydrogen) atoms. The summed E-state index contributed by atoms with van der Waals surface area (Å²) in [6.45, 7) is 0. The SMILES string of the molecule is COC(=O)Cc1ccccc1Oc1ccccn1. The smallest absolute Gasteiger partial charge is 0.310 e. The standard InChI is InChI=1S/C14H13NO3/c1-17-14(16)10-11-6-2-3-7-12(11)18-13-8-4-5-9-15-13/h2-9H,10H2,1H3. The number of pyridine rings is 1. The first-order valence-corrected chi connectivity index (χ1v) is 5.53. The zero-order chi connectivity index (χ0) is 12.8. The molecular formula is C14H13NO3. The van der Waals surface area contributed by atoms with Gasteiger partial charge in [0.15, 0.2) is 0 Å². The van der Waals surface area contributed by atoms with Gasteiger partial charge in [-0.2, -0.15) is 0 Å². The van der Waals surface area contributed by atoms with E-state index in [1.54, 1.807) is 18.3 Å². The van der Waals surface area contributed by atoms with Crippen molar-refractivity contribution in [1.82, 2.24) is 4.98 Å². The predicted octanol–water partition coefficient (Wildman–Crippen LogP) is 2.59.